The molecule has 3 nitrogen and oxygen atoms in total. The zero-order valence-corrected chi connectivity index (χ0v) is 17.7. The Balaban J connectivity index is 1.64. The van der Waals surface area contributed by atoms with Gasteiger partial charge in [0.25, 0.3) is 0 Å². The van der Waals surface area contributed by atoms with Gasteiger partial charge in [-0.25, -0.2) is 4.39 Å². The van der Waals surface area contributed by atoms with Gasteiger partial charge in [-0.05, 0) is 53.1 Å². The van der Waals surface area contributed by atoms with Crippen LogP contribution in [0.1, 0.15) is 16.7 Å². The highest BCUT2D eigenvalue weighted by Gasteiger charge is 2.11. The third kappa shape index (κ3) is 5.71. The van der Waals surface area contributed by atoms with Gasteiger partial charge in [-0.15, -0.1) is 0 Å². The molecule has 0 amide bonds. The van der Waals surface area contributed by atoms with Crippen LogP contribution in [-0.2, 0) is 19.7 Å². The summed E-state index contributed by atoms with van der Waals surface area (Å²) in [5.74, 6) is 1.07. The lowest BCUT2D eigenvalue weighted by Gasteiger charge is -2.15. The van der Waals surface area contributed by atoms with E-state index in [2.05, 4.69) is 21.2 Å². The second-order valence-electron chi connectivity index (χ2n) is 6.24. The first kappa shape index (κ1) is 20.6. The van der Waals surface area contributed by atoms with Gasteiger partial charge in [-0.2, -0.15) is 0 Å². The normalized spacial score (nSPS) is 10.7. The first-order valence-electron chi connectivity index (χ1n) is 8.74. The van der Waals surface area contributed by atoms with Crippen molar-refractivity contribution in [2.45, 2.75) is 19.7 Å². The van der Waals surface area contributed by atoms with Crippen LogP contribution in [0.5, 0.6) is 11.5 Å². The number of hydrogen-bond acceptors (Lipinski definition) is 3. The maximum absolute atomic E-state index is 13.0. The van der Waals surface area contributed by atoms with Crippen molar-refractivity contribution in [2.24, 2.45) is 0 Å². The third-order valence-corrected chi connectivity index (χ3v) is 5.15. The third-order valence-electron chi connectivity index (χ3n) is 4.17. The van der Waals surface area contributed by atoms with Gasteiger partial charge in [0.2, 0.25) is 0 Å². The van der Waals surface area contributed by atoms with Crippen molar-refractivity contribution in [3.05, 3.63) is 92.7 Å². The second kappa shape index (κ2) is 9.92. The summed E-state index contributed by atoms with van der Waals surface area (Å²) in [5, 5.41) is 4.03. The highest BCUT2D eigenvalue weighted by Crippen LogP contribution is 2.34. The van der Waals surface area contributed by atoms with Crippen LogP contribution < -0.4 is 14.8 Å². The number of nitrogens with one attached hydrogen (secondary N) is 1. The molecule has 146 valence electrons. The molecule has 3 rings (SSSR count). The van der Waals surface area contributed by atoms with Crippen LogP contribution in [0, 0.1) is 5.82 Å². The molecule has 3 aromatic rings. The van der Waals surface area contributed by atoms with E-state index in [0.29, 0.717) is 36.2 Å². The molecule has 0 spiro atoms. The Morgan fingerprint density at radius 3 is 2.46 bits per heavy atom. The Bertz CT molecular complexity index is 934. The maximum atomic E-state index is 13.0. The highest BCUT2D eigenvalue weighted by atomic mass is 79.9. The molecule has 28 heavy (non-hydrogen) atoms. The minimum atomic E-state index is -0.232. The highest BCUT2D eigenvalue weighted by molar-refractivity contribution is 9.10. The largest absolute Gasteiger partial charge is 0.493 e. The van der Waals surface area contributed by atoms with E-state index in [1.807, 2.05) is 36.4 Å². The molecule has 0 atom stereocenters. The zero-order valence-electron chi connectivity index (χ0n) is 15.3. The maximum Gasteiger partial charge on any atom is 0.162 e. The molecule has 0 radical (unpaired) electrons. The molecule has 0 aliphatic carbocycles. The van der Waals surface area contributed by atoms with Gasteiger partial charge in [0.1, 0.15) is 12.4 Å². The molecule has 0 heterocycles. The number of hydrogen-bond donors (Lipinski definition) is 1. The van der Waals surface area contributed by atoms with Gasteiger partial charge in [0, 0.05) is 22.6 Å². The Labute approximate surface area is 177 Å². The number of halogens is 3. The summed E-state index contributed by atoms with van der Waals surface area (Å²) in [7, 11) is 1.62. The molecule has 6 heteroatoms. The summed E-state index contributed by atoms with van der Waals surface area (Å²) >= 11 is 9.62. The summed E-state index contributed by atoms with van der Waals surface area (Å²) < 4.78 is 25.3. The van der Waals surface area contributed by atoms with Crippen molar-refractivity contribution < 1.29 is 13.9 Å². The van der Waals surface area contributed by atoms with E-state index in [0.717, 1.165) is 21.2 Å². The van der Waals surface area contributed by atoms with E-state index < -0.39 is 0 Å². The topological polar surface area (TPSA) is 30.5 Å². The van der Waals surface area contributed by atoms with E-state index >= 15 is 0 Å². The van der Waals surface area contributed by atoms with Gasteiger partial charge in [-0.1, -0.05) is 51.8 Å². The fourth-order valence-corrected chi connectivity index (χ4v) is 3.39. The fraction of sp³-hybridized carbons (Fsp3) is 0.182. The van der Waals surface area contributed by atoms with E-state index in [9.17, 15) is 4.39 Å². The van der Waals surface area contributed by atoms with Crippen molar-refractivity contribution in [1.29, 1.82) is 0 Å². The Morgan fingerprint density at radius 1 is 0.964 bits per heavy atom. The summed E-state index contributed by atoms with van der Waals surface area (Å²) in [6.07, 6.45) is 0. The fourth-order valence-electron chi connectivity index (χ4n) is 2.72. The Kier molecular flexibility index (Phi) is 7.31. The van der Waals surface area contributed by atoms with Gasteiger partial charge in [-0.3, -0.25) is 0 Å². The molecule has 3 aromatic carbocycles. The minimum Gasteiger partial charge on any atom is -0.493 e. The molecule has 0 aliphatic heterocycles. The zero-order chi connectivity index (χ0) is 19.9. The molecule has 0 aromatic heterocycles. The lowest BCUT2D eigenvalue weighted by atomic mass is 10.1. The minimum absolute atomic E-state index is 0.232. The van der Waals surface area contributed by atoms with E-state index in [1.54, 1.807) is 19.2 Å². The number of benzene rings is 3. The van der Waals surface area contributed by atoms with Gasteiger partial charge in [0.15, 0.2) is 11.5 Å². The molecule has 0 aliphatic rings. The average Bonchev–Trinajstić information content (AvgIpc) is 2.69. The van der Waals surface area contributed by atoms with Crippen LogP contribution in [0.15, 0.2) is 65.1 Å². The van der Waals surface area contributed by atoms with Gasteiger partial charge >= 0.3 is 0 Å². The van der Waals surface area contributed by atoms with E-state index in [4.69, 9.17) is 21.1 Å². The number of methoxy groups -OCH3 is 1. The van der Waals surface area contributed by atoms with Crippen molar-refractivity contribution >= 4 is 27.5 Å². The molecular formula is C22H20BrClFNO2. The molecular weight excluding hydrogens is 445 g/mol. The summed E-state index contributed by atoms with van der Waals surface area (Å²) in [4.78, 5) is 0. The van der Waals surface area contributed by atoms with Crippen LogP contribution in [0.25, 0.3) is 0 Å². The van der Waals surface area contributed by atoms with Crippen molar-refractivity contribution in [3.63, 3.8) is 0 Å². The van der Waals surface area contributed by atoms with Crippen molar-refractivity contribution in [1.82, 2.24) is 5.32 Å². The van der Waals surface area contributed by atoms with E-state index in [1.165, 1.54) is 12.1 Å². The van der Waals surface area contributed by atoms with Crippen LogP contribution in [-0.4, -0.2) is 7.11 Å². The van der Waals surface area contributed by atoms with Crippen molar-refractivity contribution in [3.8, 4) is 11.5 Å². The lowest BCUT2D eigenvalue weighted by molar-refractivity contribution is 0.284. The predicted octanol–water partition coefficient (Wildman–Crippen LogP) is 6.12. The van der Waals surface area contributed by atoms with Crippen LogP contribution >= 0.6 is 27.5 Å². The molecule has 0 fully saturated rings. The van der Waals surface area contributed by atoms with Crippen LogP contribution in [0.2, 0.25) is 5.02 Å². The smallest absolute Gasteiger partial charge is 0.162 e. The van der Waals surface area contributed by atoms with Crippen molar-refractivity contribution in [2.75, 3.05) is 7.11 Å². The lowest BCUT2D eigenvalue weighted by Crippen LogP contribution is -2.13. The first-order chi connectivity index (χ1) is 13.5. The molecule has 0 bridgehead atoms. The monoisotopic (exact) mass is 463 g/mol. The predicted molar refractivity (Wildman–Crippen MR) is 113 cm³/mol. The average molecular weight is 465 g/mol. The second-order valence-corrected chi connectivity index (χ2v) is 7.53. The summed E-state index contributed by atoms with van der Waals surface area (Å²) in [6, 6.07) is 17.9. The summed E-state index contributed by atoms with van der Waals surface area (Å²) in [6.45, 7) is 1.66. The number of ether oxygens (including phenoxy) is 2. The molecule has 0 saturated heterocycles. The standard InChI is InChI=1S/C22H20BrClFNO2/c1-27-21-10-17(13-26-12-15-5-7-19(25)8-6-15)20(23)11-22(21)28-14-16-3-2-4-18(24)9-16/h2-11,26H,12-14H2,1H3. The van der Waals surface area contributed by atoms with Gasteiger partial charge in [0.05, 0.1) is 7.11 Å². The quantitative estimate of drug-likeness (QED) is 0.436. The summed E-state index contributed by atoms with van der Waals surface area (Å²) in [5.41, 5.74) is 3.04. The molecule has 1 N–H and O–H groups in total. The molecule has 0 saturated carbocycles. The van der Waals surface area contributed by atoms with Crippen LogP contribution in [0.4, 0.5) is 4.39 Å². The SMILES string of the molecule is COc1cc(CNCc2ccc(F)cc2)c(Br)cc1OCc1cccc(Cl)c1. The van der Waals surface area contributed by atoms with Crippen LogP contribution in [0.3, 0.4) is 0 Å². The molecule has 0 unspecified atom stereocenters. The Hall–Kier alpha value is -2.08. The Morgan fingerprint density at radius 2 is 1.75 bits per heavy atom. The van der Waals surface area contributed by atoms with Gasteiger partial charge < -0.3 is 14.8 Å². The van der Waals surface area contributed by atoms with E-state index in [-0.39, 0.29) is 5.82 Å². The number of rotatable bonds is 8. The first-order valence-corrected chi connectivity index (χ1v) is 9.91.